The fourth-order valence-corrected chi connectivity index (χ4v) is 1.71. The number of hydrogen-bond donors (Lipinski definition) is 2. The van der Waals surface area contributed by atoms with Crippen molar-refractivity contribution in [2.45, 2.75) is 39.7 Å². The standard InChI is InChI=1S/C13H24N2O5/c1-9(2)15(5-6-20-4)13(19)14-11(16)7-10(3)8-12(17)18/h9-10H,5-8H2,1-4H3,(H,17,18)(H,14,16,19). The van der Waals surface area contributed by atoms with Crippen molar-refractivity contribution in [3.8, 4) is 0 Å². The summed E-state index contributed by atoms with van der Waals surface area (Å²) in [5.41, 5.74) is 0. The van der Waals surface area contributed by atoms with Gasteiger partial charge in [-0.15, -0.1) is 0 Å². The van der Waals surface area contributed by atoms with Gasteiger partial charge in [-0.2, -0.15) is 0 Å². The van der Waals surface area contributed by atoms with Crippen LogP contribution in [0.15, 0.2) is 0 Å². The average molecular weight is 288 g/mol. The van der Waals surface area contributed by atoms with Crippen LogP contribution in [0.25, 0.3) is 0 Å². The number of urea groups is 1. The maximum atomic E-state index is 11.9. The van der Waals surface area contributed by atoms with E-state index in [4.69, 9.17) is 9.84 Å². The second-order valence-electron chi connectivity index (χ2n) is 5.04. The second kappa shape index (κ2) is 9.30. The van der Waals surface area contributed by atoms with Crippen LogP contribution in [0, 0.1) is 5.92 Å². The molecule has 2 N–H and O–H groups in total. The third-order valence-electron chi connectivity index (χ3n) is 2.72. The highest BCUT2D eigenvalue weighted by Crippen LogP contribution is 2.07. The Morgan fingerprint density at radius 3 is 2.25 bits per heavy atom. The molecule has 116 valence electrons. The quantitative estimate of drug-likeness (QED) is 0.696. The minimum Gasteiger partial charge on any atom is -0.481 e. The Labute approximate surface area is 119 Å². The van der Waals surface area contributed by atoms with Crippen molar-refractivity contribution in [2.75, 3.05) is 20.3 Å². The van der Waals surface area contributed by atoms with Gasteiger partial charge in [-0.1, -0.05) is 6.92 Å². The highest BCUT2D eigenvalue weighted by Gasteiger charge is 2.20. The number of carboxylic acids is 1. The largest absolute Gasteiger partial charge is 0.481 e. The summed E-state index contributed by atoms with van der Waals surface area (Å²) in [6, 6.07) is -0.543. The van der Waals surface area contributed by atoms with Crippen LogP contribution in [0.3, 0.4) is 0 Å². The molecule has 0 spiro atoms. The van der Waals surface area contributed by atoms with Crippen molar-refractivity contribution < 1.29 is 24.2 Å². The smallest absolute Gasteiger partial charge is 0.324 e. The number of carbonyl (C=O) groups is 3. The lowest BCUT2D eigenvalue weighted by molar-refractivity contribution is -0.138. The van der Waals surface area contributed by atoms with Gasteiger partial charge in [0.25, 0.3) is 0 Å². The number of aliphatic carboxylic acids is 1. The molecule has 0 rings (SSSR count). The van der Waals surface area contributed by atoms with Gasteiger partial charge < -0.3 is 14.7 Å². The van der Waals surface area contributed by atoms with Crippen LogP contribution < -0.4 is 5.32 Å². The van der Waals surface area contributed by atoms with Gasteiger partial charge in [-0.05, 0) is 19.8 Å². The van der Waals surface area contributed by atoms with E-state index in [0.29, 0.717) is 13.2 Å². The monoisotopic (exact) mass is 288 g/mol. The lowest BCUT2D eigenvalue weighted by Crippen LogP contribution is -2.47. The van der Waals surface area contributed by atoms with E-state index in [2.05, 4.69) is 5.32 Å². The molecule has 0 saturated heterocycles. The summed E-state index contributed by atoms with van der Waals surface area (Å²) in [6.07, 6.45) is -0.0898. The van der Waals surface area contributed by atoms with Crippen molar-refractivity contribution in [2.24, 2.45) is 5.92 Å². The molecule has 3 amide bonds. The molecule has 0 aliphatic heterocycles. The third-order valence-corrected chi connectivity index (χ3v) is 2.72. The summed E-state index contributed by atoms with van der Waals surface area (Å²) in [6.45, 7) is 6.11. The molecule has 0 fully saturated rings. The molecule has 20 heavy (non-hydrogen) atoms. The fourth-order valence-electron chi connectivity index (χ4n) is 1.71. The zero-order valence-electron chi connectivity index (χ0n) is 12.5. The Balaban J connectivity index is 4.33. The minimum absolute atomic E-state index is 0.00819. The number of hydrogen-bond acceptors (Lipinski definition) is 4. The molecule has 0 aromatic heterocycles. The number of nitrogens with zero attached hydrogens (tertiary/aromatic N) is 1. The predicted octanol–water partition coefficient (Wildman–Crippen LogP) is 1.08. The molecule has 7 heteroatoms. The topological polar surface area (TPSA) is 95.9 Å². The summed E-state index contributed by atoms with van der Waals surface area (Å²) in [5.74, 6) is -1.74. The summed E-state index contributed by atoms with van der Waals surface area (Å²) >= 11 is 0. The fraction of sp³-hybridized carbons (Fsp3) is 0.769. The van der Waals surface area contributed by atoms with Gasteiger partial charge >= 0.3 is 12.0 Å². The molecule has 0 saturated carbocycles. The predicted molar refractivity (Wildman–Crippen MR) is 73.3 cm³/mol. The number of methoxy groups -OCH3 is 1. The Bertz CT molecular complexity index is 344. The number of ether oxygens (including phenoxy) is 1. The van der Waals surface area contributed by atoms with Gasteiger partial charge in [0, 0.05) is 32.5 Å². The molecule has 0 heterocycles. The first kappa shape index (κ1) is 18.4. The number of rotatable bonds is 8. The summed E-state index contributed by atoms with van der Waals surface area (Å²) in [5, 5.41) is 10.9. The van der Waals surface area contributed by atoms with Crippen molar-refractivity contribution in [3.63, 3.8) is 0 Å². The van der Waals surface area contributed by atoms with Crippen LogP contribution in [0.1, 0.15) is 33.6 Å². The van der Waals surface area contributed by atoms with Crippen molar-refractivity contribution in [3.05, 3.63) is 0 Å². The highest BCUT2D eigenvalue weighted by molar-refractivity contribution is 5.94. The molecule has 1 atom stereocenters. The van der Waals surface area contributed by atoms with Gasteiger partial charge in [0.05, 0.1) is 6.61 Å². The Kier molecular flexibility index (Phi) is 8.54. The lowest BCUT2D eigenvalue weighted by Gasteiger charge is -2.26. The molecule has 1 unspecified atom stereocenters. The van der Waals surface area contributed by atoms with E-state index in [1.54, 1.807) is 6.92 Å². The summed E-state index contributed by atoms with van der Waals surface area (Å²) in [7, 11) is 1.54. The van der Waals surface area contributed by atoms with E-state index in [0.717, 1.165) is 0 Å². The molecular formula is C13H24N2O5. The van der Waals surface area contributed by atoms with E-state index in [1.165, 1.54) is 12.0 Å². The molecule has 0 bridgehead atoms. The molecule has 0 aliphatic rings. The van der Waals surface area contributed by atoms with Crippen LogP contribution in [-0.2, 0) is 14.3 Å². The van der Waals surface area contributed by atoms with E-state index >= 15 is 0 Å². The van der Waals surface area contributed by atoms with E-state index < -0.39 is 17.9 Å². The van der Waals surface area contributed by atoms with Crippen molar-refractivity contribution in [1.29, 1.82) is 0 Å². The minimum atomic E-state index is -0.958. The first-order valence-corrected chi connectivity index (χ1v) is 6.59. The molecule has 0 aliphatic carbocycles. The second-order valence-corrected chi connectivity index (χ2v) is 5.04. The van der Waals surface area contributed by atoms with Crippen LogP contribution in [0.5, 0.6) is 0 Å². The number of nitrogens with one attached hydrogen (secondary N) is 1. The lowest BCUT2D eigenvalue weighted by atomic mass is 10.0. The summed E-state index contributed by atoms with van der Waals surface area (Å²) in [4.78, 5) is 35.6. The van der Waals surface area contributed by atoms with Gasteiger partial charge in [0.2, 0.25) is 5.91 Å². The highest BCUT2D eigenvalue weighted by atomic mass is 16.5. The maximum Gasteiger partial charge on any atom is 0.324 e. The third kappa shape index (κ3) is 7.73. The zero-order chi connectivity index (χ0) is 15.7. The Hall–Kier alpha value is -1.63. The molecular weight excluding hydrogens is 264 g/mol. The Morgan fingerprint density at radius 2 is 1.80 bits per heavy atom. The number of carboxylic acid groups (broad SMARTS) is 1. The Morgan fingerprint density at radius 1 is 1.20 bits per heavy atom. The van der Waals surface area contributed by atoms with Gasteiger partial charge in [0.15, 0.2) is 0 Å². The number of amides is 3. The number of carbonyl (C=O) groups excluding carboxylic acids is 2. The van der Waals surface area contributed by atoms with Crippen LogP contribution in [0.2, 0.25) is 0 Å². The molecule has 0 radical (unpaired) electrons. The molecule has 7 nitrogen and oxygen atoms in total. The first-order valence-electron chi connectivity index (χ1n) is 6.59. The normalized spacial score (nSPS) is 12.1. The summed E-state index contributed by atoms with van der Waals surface area (Å²) < 4.78 is 4.91. The van der Waals surface area contributed by atoms with Gasteiger partial charge in [-0.25, -0.2) is 4.79 Å². The molecule has 0 aromatic carbocycles. The van der Waals surface area contributed by atoms with Crippen LogP contribution >= 0.6 is 0 Å². The van der Waals surface area contributed by atoms with Gasteiger partial charge in [-0.3, -0.25) is 14.9 Å². The maximum absolute atomic E-state index is 11.9. The van der Waals surface area contributed by atoms with E-state index in [-0.39, 0.29) is 24.8 Å². The van der Waals surface area contributed by atoms with E-state index in [1.807, 2.05) is 13.8 Å². The SMILES string of the molecule is COCCN(C(=O)NC(=O)CC(C)CC(=O)O)C(C)C. The van der Waals surface area contributed by atoms with Gasteiger partial charge in [0.1, 0.15) is 0 Å². The zero-order valence-corrected chi connectivity index (χ0v) is 12.5. The first-order chi connectivity index (χ1) is 9.27. The average Bonchev–Trinajstić information content (AvgIpc) is 2.26. The van der Waals surface area contributed by atoms with Crippen molar-refractivity contribution >= 4 is 17.9 Å². The van der Waals surface area contributed by atoms with Crippen LogP contribution in [0.4, 0.5) is 4.79 Å². The van der Waals surface area contributed by atoms with E-state index in [9.17, 15) is 14.4 Å². The van der Waals surface area contributed by atoms with Crippen LogP contribution in [-0.4, -0.2) is 54.2 Å². The van der Waals surface area contributed by atoms with Crippen molar-refractivity contribution in [1.82, 2.24) is 10.2 Å². The molecule has 0 aromatic rings. The number of imide groups is 1.